The molecule has 0 heterocycles. The van der Waals surface area contributed by atoms with Crippen molar-refractivity contribution in [1.82, 2.24) is 0 Å². The monoisotopic (exact) mass is 356 g/mol. The standard InChI is InChI=1S/C14H30O7.C2H6O/c1-2-16-5-6-18-9-10-20-13-14-21-12-11-19-8-7-17-4-3-15;1-3-2/h15H,2-14H2,1H3;1-2H3. The fraction of sp³-hybridized carbons (Fsp3) is 1.00. The number of hydrogen-bond acceptors (Lipinski definition) is 8. The van der Waals surface area contributed by atoms with E-state index >= 15 is 0 Å². The summed E-state index contributed by atoms with van der Waals surface area (Å²) < 4.78 is 35.7. The summed E-state index contributed by atoms with van der Waals surface area (Å²) in [6.45, 7) is 8.61. The second-order valence-corrected chi connectivity index (χ2v) is 4.39. The summed E-state index contributed by atoms with van der Waals surface area (Å²) in [6.07, 6.45) is 0. The molecule has 0 amide bonds. The van der Waals surface area contributed by atoms with E-state index in [-0.39, 0.29) is 6.61 Å². The van der Waals surface area contributed by atoms with Crippen molar-refractivity contribution >= 4 is 0 Å². The lowest BCUT2D eigenvalue weighted by molar-refractivity contribution is -0.0177. The molecule has 148 valence electrons. The van der Waals surface area contributed by atoms with Gasteiger partial charge in [-0.15, -0.1) is 0 Å². The van der Waals surface area contributed by atoms with Gasteiger partial charge in [-0.1, -0.05) is 0 Å². The fourth-order valence-corrected chi connectivity index (χ4v) is 1.31. The van der Waals surface area contributed by atoms with Gasteiger partial charge in [-0.2, -0.15) is 0 Å². The maximum absolute atomic E-state index is 8.48. The number of methoxy groups -OCH3 is 1. The Morgan fingerprint density at radius 1 is 0.500 bits per heavy atom. The minimum atomic E-state index is 0.0423. The maximum atomic E-state index is 8.48. The Hall–Kier alpha value is -0.320. The topological polar surface area (TPSA) is 84.8 Å². The summed E-state index contributed by atoms with van der Waals surface area (Å²) in [4.78, 5) is 0. The lowest BCUT2D eigenvalue weighted by Gasteiger charge is -2.07. The normalized spacial score (nSPS) is 10.5. The van der Waals surface area contributed by atoms with Crippen LogP contribution in [0.25, 0.3) is 0 Å². The van der Waals surface area contributed by atoms with E-state index in [0.29, 0.717) is 72.7 Å². The predicted octanol–water partition coefficient (Wildman–Crippen LogP) is 0.361. The van der Waals surface area contributed by atoms with Gasteiger partial charge in [0.05, 0.1) is 79.3 Å². The zero-order valence-corrected chi connectivity index (χ0v) is 15.5. The molecule has 0 aromatic rings. The van der Waals surface area contributed by atoms with Crippen molar-refractivity contribution in [2.24, 2.45) is 0 Å². The van der Waals surface area contributed by atoms with Crippen LogP contribution in [0.15, 0.2) is 0 Å². The molecule has 0 aliphatic rings. The molecular formula is C16H36O8. The highest BCUT2D eigenvalue weighted by Gasteiger charge is 1.93. The molecular weight excluding hydrogens is 320 g/mol. The summed E-state index contributed by atoms with van der Waals surface area (Å²) in [5.74, 6) is 0. The van der Waals surface area contributed by atoms with Crippen LogP contribution in [0.3, 0.4) is 0 Å². The Morgan fingerprint density at radius 2 is 0.750 bits per heavy atom. The third kappa shape index (κ3) is 29.7. The van der Waals surface area contributed by atoms with Crippen molar-refractivity contribution in [1.29, 1.82) is 0 Å². The molecule has 0 rings (SSSR count). The number of rotatable bonds is 18. The molecule has 0 spiro atoms. The first-order chi connectivity index (χ1) is 11.8. The van der Waals surface area contributed by atoms with Gasteiger partial charge in [0.15, 0.2) is 0 Å². The van der Waals surface area contributed by atoms with E-state index in [2.05, 4.69) is 4.74 Å². The molecule has 0 aliphatic carbocycles. The lowest BCUT2D eigenvalue weighted by Crippen LogP contribution is -2.14. The minimum Gasteiger partial charge on any atom is -0.394 e. The second kappa shape index (κ2) is 27.5. The van der Waals surface area contributed by atoms with Crippen molar-refractivity contribution in [3.63, 3.8) is 0 Å². The van der Waals surface area contributed by atoms with Crippen LogP contribution in [0.5, 0.6) is 0 Å². The molecule has 0 bridgehead atoms. The highest BCUT2D eigenvalue weighted by atomic mass is 16.6. The van der Waals surface area contributed by atoms with E-state index in [0.717, 1.165) is 6.61 Å². The van der Waals surface area contributed by atoms with E-state index in [9.17, 15) is 0 Å². The zero-order valence-electron chi connectivity index (χ0n) is 15.5. The van der Waals surface area contributed by atoms with Crippen LogP contribution in [-0.4, -0.2) is 105 Å². The summed E-state index contributed by atoms with van der Waals surface area (Å²) in [6, 6.07) is 0. The first-order valence-corrected chi connectivity index (χ1v) is 8.30. The molecule has 0 saturated heterocycles. The van der Waals surface area contributed by atoms with Crippen LogP contribution in [0.2, 0.25) is 0 Å². The predicted molar refractivity (Wildman–Crippen MR) is 90.6 cm³/mol. The second-order valence-electron chi connectivity index (χ2n) is 4.39. The average molecular weight is 356 g/mol. The van der Waals surface area contributed by atoms with Gasteiger partial charge in [0.2, 0.25) is 0 Å². The van der Waals surface area contributed by atoms with Gasteiger partial charge in [-0.3, -0.25) is 0 Å². The smallest absolute Gasteiger partial charge is 0.0701 e. The molecule has 0 saturated carbocycles. The Balaban J connectivity index is 0. The first-order valence-electron chi connectivity index (χ1n) is 8.30. The number of hydrogen-bond donors (Lipinski definition) is 1. The summed E-state index contributed by atoms with van der Waals surface area (Å²) in [5, 5.41) is 8.48. The molecule has 0 atom stereocenters. The highest BCUT2D eigenvalue weighted by Crippen LogP contribution is 1.84. The SMILES string of the molecule is CCOCCOCCOCCOCCOCCOCCO.COC. The van der Waals surface area contributed by atoms with Crippen LogP contribution in [0.4, 0.5) is 0 Å². The van der Waals surface area contributed by atoms with E-state index in [1.807, 2.05) is 6.92 Å². The Kier molecular flexibility index (Phi) is 29.7. The van der Waals surface area contributed by atoms with Gasteiger partial charge in [0, 0.05) is 20.8 Å². The quantitative estimate of drug-likeness (QED) is 0.353. The number of aliphatic hydroxyl groups excluding tert-OH is 1. The van der Waals surface area contributed by atoms with Crippen molar-refractivity contribution in [2.75, 3.05) is 100 Å². The van der Waals surface area contributed by atoms with Crippen LogP contribution in [0, 0.1) is 0 Å². The van der Waals surface area contributed by atoms with Crippen LogP contribution < -0.4 is 0 Å². The van der Waals surface area contributed by atoms with Gasteiger partial charge in [-0.05, 0) is 6.92 Å². The van der Waals surface area contributed by atoms with E-state index in [4.69, 9.17) is 33.5 Å². The van der Waals surface area contributed by atoms with Crippen LogP contribution in [0.1, 0.15) is 6.92 Å². The van der Waals surface area contributed by atoms with Gasteiger partial charge in [0.25, 0.3) is 0 Å². The van der Waals surface area contributed by atoms with Gasteiger partial charge < -0.3 is 38.3 Å². The zero-order chi connectivity index (χ0) is 18.1. The summed E-state index contributed by atoms with van der Waals surface area (Å²) >= 11 is 0. The first kappa shape index (κ1) is 25.9. The third-order valence-electron chi connectivity index (χ3n) is 2.30. The van der Waals surface area contributed by atoms with Crippen molar-refractivity contribution < 1.29 is 38.3 Å². The van der Waals surface area contributed by atoms with Gasteiger partial charge in [0.1, 0.15) is 0 Å². The largest absolute Gasteiger partial charge is 0.394 e. The average Bonchev–Trinajstić information content (AvgIpc) is 2.58. The number of ether oxygens (including phenoxy) is 7. The van der Waals surface area contributed by atoms with E-state index in [1.165, 1.54) is 0 Å². The van der Waals surface area contributed by atoms with Crippen molar-refractivity contribution in [3.05, 3.63) is 0 Å². The molecule has 1 N–H and O–H groups in total. The molecule has 24 heavy (non-hydrogen) atoms. The van der Waals surface area contributed by atoms with Gasteiger partial charge >= 0.3 is 0 Å². The summed E-state index contributed by atoms with van der Waals surface area (Å²) in [7, 11) is 3.25. The van der Waals surface area contributed by atoms with E-state index in [1.54, 1.807) is 14.2 Å². The molecule has 0 fully saturated rings. The van der Waals surface area contributed by atoms with Gasteiger partial charge in [-0.25, -0.2) is 0 Å². The number of aliphatic hydroxyl groups is 1. The molecule has 0 aliphatic heterocycles. The molecule has 0 aromatic heterocycles. The van der Waals surface area contributed by atoms with Crippen molar-refractivity contribution in [3.8, 4) is 0 Å². The molecule has 0 aromatic carbocycles. The Bertz CT molecular complexity index is 177. The maximum Gasteiger partial charge on any atom is 0.0701 e. The van der Waals surface area contributed by atoms with Crippen LogP contribution in [-0.2, 0) is 33.2 Å². The minimum absolute atomic E-state index is 0.0423. The molecule has 8 nitrogen and oxygen atoms in total. The summed E-state index contributed by atoms with van der Waals surface area (Å²) in [5.41, 5.74) is 0. The van der Waals surface area contributed by atoms with Crippen molar-refractivity contribution in [2.45, 2.75) is 6.92 Å². The molecule has 0 radical (unpaired) electrons. The Morgan fingerprint density at radius 3 is 1.00 bits per heavy atom. The Labute approximate surface area is 146 Å². The van der Waals surface area contributed by atoms with Crippen LogP contribution >= 0.6 is 0 Å². The third-order valence-corrected chi connectivity index (χ3v) is 2.30. The molecule has 0 unspecified atom stereocenters. The van der Waals surface area contributed by atoms with E-state index < -0.39 is 0 Å². The fourth-order valence-electron chi connectivity index (χ4n) is 1.31. The highest BCUT2D eigenvalue weighted by molar-refractivity contribution is 4.36. The molecule has 8 heteroatoms. The lowest BCUT2D eigenvalue weighted by atomic mass is 10.7.